The van der Waals surface area contributed by atoms with Crippen LogP contribution in [-0.4, -0.2) is 36.9 Å². The van der Waals surface area contributed by atoms with Crippen molar-refractivity contribution in [2.24, 2.45) is 0 Å². The molecule has 7 nitrogen and oxygen atoms in total. The summed E-state index contributed by atoms with van der Waals surface area (Å²) in [6.07, 6.45) is -0.379. The van der Waals surface area contributed by atoms with Crippen molar-refractivity contribution in [1.29, 1.82) is 0 Å². The Kier molecular flexibility index (Phi) is 4.56. The molecular weight excluding hydrogens is 411 g/mol. The number of pyridine rings is 2. The molecule has 0 saturated carbocycles. The fourth-order valence-corrected chi connectivity index (χ4v) is 3.84. The highest BCUT2D eigenvalue weighted by Gasteiger charge is 2.47. The minimum atomic E-state index is -4.42. The predicted molar refractivity (Wildman–Crippen MR) is 107 cm³/mol. The fourth-order valence-electron chi connectivity index (χ4n) is 3.84. The van der Waals surface area contributed by atoms with Gasteiger partial charge in [0.15, 0.2) is 0 Å². The van der Waals surface area contributed by atoms with Gasteiger partial charge < -0.3 is 5.11 Å². The van der Waals surface area contributed by atoms with Gasteiger partial charge in [-0.25, -0.2) is 4.98 Å². The van der Waals surface area contributed by atoms with Gasteiger partial charge in [-0.15, -0.1) is 0 Å². The molecule has 1 N–H and O–H groups in total. The number of aromatic hydroxyl groups is 1. The average Bonchev–Trinajstić information content (AvgIpc) is 3.16. The lowest BCUT2D eigenvalue weighted by atomic mass is 9.96. The minimum absolute atomic E-state index is 0.0338. The normalized spacial score (nSPS) is 15.5. The van der Waals surface area contributed by atoms with Crippen LogP contribution < -0.4 is 4.90 Å². The lowest BCUT2D eigenvalue weighted by Gasteiger charge is -2.30. The van der Waals surface area contributed by atoms with Gasteiger partial charge in [-0.2, -0.15) is 18.3 Å². The van der Waals surface area contributed by atoms with Crippen molar-refractivity contribution in [3.05, 3.63) is 53.2 Å². The summed E-state index contributed by atoms with van der Waals surface area (Å²) in [6.45, 7) is 5.76. The molecule has 10 heteroatoms. The van der Waals surface area contributed by atoms with Gasteiger partial charge >= 0.3 is 6.18 Å². The largest absolute Gasteiger partial charge is 0.506 e. The summed E-state index contributed by atoms with van der Waals surface area (Å²) in [6, 6.07) is 3.29. The summed E-state index contributed by atoms with van der Waals surface area (Å²) in [4.78, 5) is 23.5. The second-order valence-corrected chi connectivity index (χ2v) is 8.09. The highest BCUT2D eigenvalue weighted by atomic mass is 19.4. The number of aryl methyl sites for hydroxylation is 2. The highest BCUT2D eigenvalue weighted by Crippen LogP contribution is 2.43. The van der Waals surface area contributed by atoms with Crippen LogP contribution in [0.1, 0.15) is 41.2 Å². The monoisotopic (exact) mass is 431 g/mol. The first-order valence-corrected chi connectivity index (χ1v) is 9.50. The Balaban J connectivity index is 1.78. The van der Waals surface area contributed by atoms with E-state index in [0.717, 1.165) is 4.68 Å². The molecule has 1 aliphatic heterocycles. The van der Waals surface area contributed by atoms with Gasteiger partial charge in [-0.1, -0.05) is 0 Å². The van der Waals surface area contributed by atoms with E-state index in [1.54, 1.807) is 46.0 Å². The molecule has 31 heavy (non-hydrogen) atoms. The lowest BCUT2D eigenvalue weighted by molar-refractivity contribution is -0.142. The maximum atomic E-state index is 13.2. The number of anilines is 1. The average molecular weight is 431 g/mol. The zero-order valence-corrected chi connectivity index (χ0v) is 17.3. The van der Waals surface area contributed by atoms with Crippen LogP contribution in [0.15, 0.2) is 30.7 Å². The first kappa shape index (κ1) is 20.8. The standard InChI is InChI=1S/C21H20F3N5O2/c1-11-5-15(13-6-16(30)12(2)25-7-13)27-18-17(11)19(31)29(20(18,3)4)14-8-26-28(9-14)10-21(22,23)24/h5-9,30H,10H2,1-4H3. The Labute approximate surface area is 176 Å². The van der Waals surface area contributed by atoms with E-state index in [-0.39, 0.29) is 17.3 Å². The van der Waals surface area contributed by atoms with Crippen LogP contribution in [0, 0.1) is 13.8 Å². The molecule has 0 saturated heterocycles. The number of nitrogens with zero attached hydrogens (tertiary/aromatic N) is 5. The summed E-state index contributed by atoms with van der Waals surface area (Å²) in [5, 5.41) is 13.8. The molecule has 0 atom stereocenters. The predicted octanol–water partition coefficient (Wildman–Crippen LogP) is 4.12. The van der Waals surface area contributed by atoms with Gasteiger partial charge in [0.25, 0.3) is 5.91 Å². The summed E-state index contributed by atoms with van der Waals surface area (Å²) >= 11 is 0. The second kappa shape index (κ2) is 6.79. The number of rotatable bonds is 3. The summed E-state index contributed by atoms with van der Waals surface area (Å²) < 4.78 is 38.9. The Hall–Kier alpha value is -3.43. The van der Waals surface area contributed by atoms with E-state index in [4.69, 9.17) is 0 Å². The van der Waals surface area contributed by atoms with E-state index in [0.29, 0.717) is 33.8 Å². The van der Waals surface area contributed by atoms with Crippen molar-refractivity contribution < 1.29 is 23.1 Å². The molecule has 0 fully saturated rings. The first-order valence-electron chi connectivity index (χ1n) is 9.50. The van der Waals surface area contributed by atoms with E-state index in [1.807, 2.05) is 0 Å². The third-order valence-electron chi connectivity index (χ3n) is 5.35. The molecule has 1 aliphatic rings. The quantitative estimate of drug-likeness (QED) is 0.675. The zero-order valence-electron chi connectivity index (χ0n) is 17.3. The smallest absolute Gasteiger partial charge is 0.408 e. The molecule has 0 aromatic carbocycles. The molecule has 3 aromatic heterocycles. The molecule has 0 spiro atoms. The van der Waals surface area contributed by atoms with Crippen molar-refractivity contribution in [3.63, 3.8) is 0 Å². The minimum Gasteiger partial charge on any atom is -0.506 e. The van der Waals surface area contributed by atoms with E-state index < -0.39 is 18.3 Å². The Morgan fingerprint density at radius 2 is 1.87 bits per heavy atom. The number of halogens is 3. The van der Waals surface area contributed by atoms with E-state index >= 15 is 0 Å². The number of carbonyl (C=O) groups is 1. The van der Waals surface area contributed by atoms with Crippen molar-refractivity contribution in [3.8, 4) is 17.0 Å². The first-order chi connectivity index (χ1) is 14.4. The maximum Gasteiger partial charge on any atom is 0.408 e. The van der Waals surface area contributed by atoms with Gasteiger partial charge in [-0.3, -0.25) is 19.4 Å². The van der Waals surface area contributed by atoms with Crippen LogP contribution in [0.5, 0.6) is 5.75 Å². The molecule has 0 aliphatic carbocycles. The number of carbonyl (C=O) groups excluding carboxylic acids is 1. The maximum absolute atomic E-state index is 13.2. The zero-order chi connectivity index (χ0) is 22.7. The van der Waals surface area contributed by atoms with Gasteiger partial charge in [0.1, 0.15) is 12.3 Å². The van der Waals surface area contributed by atoms with Crippen molar-refractivity contribution in [1.82, 2.24) is 19.7 Å². The molecular formula is C21H20F3N5O2. The topological polar surface area (TPSA) is 84.1 Å². The van der Waals surface area contributed by atoms with Crippen molar-refractivity contribution in [2.75, 3.05) is 4.90 Å². The Bertz CT molecular complexity index is 1200. The molecule has 1 amide bonds. The Morgan fingerprint density at radius 1 is 1.16 bits per heavy atom. The lowest BCUT2D eigenvalue weighted by Crippen LogP contribution is -2.39. The number of alkyl halides is 3. The molecule has 0 radical (unpaired) electrons. The van der Waals surface area contributed by atoms with Crippen LogP contribution >= 0.6 is 0 Å². The van der Waals surface area contributed by atoms with Crippen LogP contribution in [0.25, 0.3) is 11.3 Å². The number of hydrogen-bond donors (Lipinski definition) is 1. The molecule has 162 valence electrons. The summed E-state index contributed by atoms with van der Waals surface area (Å²) in [7, 11) is 0. The molecule has 3 aromatic rings. The van der Waals surface area contributed by atoms with Gasteiger partial charge in [-0.05, 0) is 45.4 Å². The number of aromatic nitrogens is 4. The molecule has 4 rings (SSSR count). The van der Waals surface area contributed by atoms with Gasteiger partial charge in [0, 0.05) is 18.0 Å². The van der Waals surface area contributed by atoms with Gasteiger partial charge in [0.2, 0.25) is 0 Å². The van der Waals surface area contributed by atoms with E-state index in [2.05, 4.69) is 15.1 Å². The fraction of sp³-hybridized carbons (Fsp3) is 0.333. The second-order valence-electron chi connectivity index (χ2n) is 8.09. The summed E-state index contributed by atoms with van der Waals surface area (Å²) in [5.74, 6) is -0.320. The third kappa shape index (κ3) is 3.51. The SMILES string of the molecule is Cc1cc(-c2cnc(C)c(O)c2)nc2c1C(=O)N(c1cnn(CC(F)(F)F)c1)C2(C)C. The third-order valence-corrected chi connectivity index (χ3v) is 5.35. The molecule has 0 unspecified atom stereocenters. The van der Waals surface area contributed by atoms with Crippen LogP contribution in [0.2, 0.25) is 0 Å². The van der Waals surface area contributed by atoms with Crippen LogP contribution in [0.3, 0.4) is 0 Å². The van der Waals surface area contributed by atoms with E-state index in [9.17, 15) is 23.1 Å². The van der Waals surface area contributed by atoms with Crippen LogP contribution in [-0.2, 0) is 12.1 Å². The van der Waals surface area contributed by atoms with Crippen LogP contribution in [0.4, 0.5) is 18.9 Å². The Morgan fingerprint density at radius 3 is 2.52 bits per heavy atom. The van der Waals surface area contributed by atoms with Gasteiger partial charge in [0.05, 0.1) is 40.1 Å². The number of amides is 1. The van der Waals surface area contributed by atoms with Crippen molar-refractivity contribution in [2.45, 2.75) is 46.0 Å². The molecule has 0 bridgehead atoms. The summed E-state index contributed by atoms with van der Waals surface area (Å²) in [5.41, 5.74) is 2.51. The highest BCUT2D eigenvalue weighted by molar-refractivity contribution is 6.12. The number of hydrogen-bond acceptors (Lipinski definition) is 5. The van der Waals surface area contributed by atoms with Crippen molar-refractivity contribution >= 4 is 11.6 Å². The van der Waals surface area contributed by atoms with E-state index in [1.165, 1.54) is 17.3 Å². The molecule has 4 heterocycles. The number of fused-ring (bicyclic) bond motifs is 1.